The lowest BCUT2D eigenvalue weighted by molar-refractivity contribution is -0.161. The lowest BCUT2D eigenvalue weighted by atomic mass is 10.0. The van der Waals surface area contributed by atoms with Crippen molar-refractivity contribution in [3.63, 3.8) is 0 Å². The fourth-order valence-electron chi connectivity index (χ4n) is 1.14. The highest BCUT2D eigenvalue weighted by Crippen LogP contribution is 2.10. The highest BCUT2D eigenvalue weighted by Gasteiger charge is 2.32. The van der Waals surface area contributed by atoms with E-state index < -0.39 is 23.5 Å². The molecule has 0 saturated carbocycles. The minimum atomic E-state index is -1.22. The average molecular weight is 243 g/mol. The van der Waals surface area contributed by atoms with Crippen molar-refractivity contribution in [3.8, 4) is 0 Å². The van der Waals surface area contributed by atoms with Crippen LogP contribution >= 0.6 is 0 Å². The Morgan fingerprint density at radius 1 is 1.12 bits per heavy atom. The SMILES string of the molecule is CC(=O)NC(C(=O)OC(C)(C)C)C(=O)C(C)C. The first kappa shape index (κ1) is 15.6. The normalized spacial score (nSPS) is 13.1. The molecule has 0 aliphatic carbocycles. The summed E-state index contributed by atoms with van der Waals surface area (Å²) < 4.78 is 5.10. The van der Waals surface area contributed by atoms with E-state index in [4.69, 9.17) is 4.74 Å². The monoisotopic (exact) mass is 243 g/mol. The van der Waals surface area contributed by atoms with Crippen LogP contribution in [0.1, 0.15) is 41.5 Å². The van der Waals surface area contributed by atoms with Gasteiger partial charge in [0.15, 0.2) is 11.8 Å². The second-order valence-corrected chi connectivity index (χ2v) is 5.22. The van der Waals surface area contributed by atoms with Crippen LogP contribution in [-0.4, -0.2) is 29.3 Å². The largest absolute Gasteiger partial charge is 0.458 e. The number of ether oxygens (including phenoxy) is 1. The molecule has 0 radical (unpaired) electrons. The van der Waals surface area contributed by atoms with E-state index in [0.717, 1.165) is 0 Å². The van der Waals surface area contributed by atoms with Gasteiger partial charge in [-0.2, -0.15) is 0 Å². The molecule has 0 aliphatic rings. The zero-order valence-corrected chi connectivity index (χ0v) is 11.3. The number of rotatable bonds is 4. The molecule has 0 spiro atoms. The molecule has 1 atom stereocenters. The van der Waals surface area contributed by atoms with Crippen LogP contribution in [0.5, 0.6) is 0 Å². The van der Waals surface area contributed by atoms with Gasteiger partial charge in [0, 0.05) is 12.8 Å². The van der Waals surface area contributed by atoms with Crippen molar-refractivity contribution in [2.24, 2.45) is 5.92 Å². The summed E-state index contributed by atoms with van der Waals surface area (Å²) in [6, 6.07) is -1.22. The first-order chi connectivity index (χ1) is 7.54. The molecule has 17 heavy (non-hydrogen) atoms. The number of hydrogen-bond acceptors (Lipinski definition) is 4. The Bertz CT molecular complexity index is 315. The van der Waals surface area contributed by atoms with Gasteiger partial charge in [-0.25, -0.2) is 4.79 Å². The van der Waals surface area contributed by atoms with E-state index >= 15 is 0 Å². The zero-order valence-electron chi connectivity index (χ0n) is 11.3. The fourth-order valence-corrected chi connectivity index (χ4v) is 1.14. The molecule has 98 valence electrons. The van der Waals surface area contributed by atoms with Gasteiger partial charge in [0.05, 0.1) is 0 Å². The fraction of sp³-hybridized carbons (Fsp3) is 0.750. The smallest absolute Gasteiger partial charge is 0.337 e. The van der Waals surface area contributed by atoms with Crippen molar-refractivity contribution < 1.29 is 19.1 Å². The molecule has 0 heterocycles. The van der Waals surface area contributed by atoms with E-state index in [-0.39, 0.29) is 11.7 Å². The minimum Gasteiger partial charge on any atom is -0.458 e. The second kappa shape index (κ2) is 5.80. The third-order valence-electron chi connectivity index (χ3n) is 1.84. The van der Waals surface area contributed by atoms with E-state index in [0.29, 0.717) is 0 Å². The predicted octanol–water partition coefficient (Wildman–Crippen LogP) is 1.06. The molecule has 0 aromatic heterocycles. The number of esters is 1. The van der Waals surface area contributed by atoms with Gasteiger partial charge in [-0.15, -0.1) is 0 Å². The molecule has 1 N–H and O–H groups in total. The van der Waals surface area contributed by atoms with Crippen molar-refractivity contribution in [2.75, 3.05) is 0 Å². The van der Waals surface area contributed by atoms with Crippen LogP contribution in [0.3, 0.4) is 0 Å². The summed E-state index contributed by atoms with van der Waals surface area (Å²) in [5.41, 5.74) is -0.689. The third-order valence-corrected chi connectivity index (χ3v) is 1.84. The lowest BCUT2D eigenvalue weighted by Crippen LogP contribution is -2.49. The van der Waals surface area contributed by atoms with Gasteiger partial charge in [-0.05, 0) is 20.8 Å². The number of nitrogens with one attached hydrogen (secondary N) is 1. The lowest BCUT2D eigenvalue weighted by Gasteiger charge is -2.24. The Kier molecular flexibility index (Phi) is 5.32. The number of carbonyl (C=O) groups is 3. The quantitative estimate of drug-likeness (QED) is 0.592. The van der Waals surface area contributed by atoms with Crippen LogP contribution < -0.4 is 5.32 Å². The van der Waals surface area contributed by atoms with E-state index in [1.54, 1.807) is 34.6 Å². The van der Waals surface area contributed by atoms with Crippen LogP contribution in [0.15, 0.2) is 0 Å². The number of Topliss-reactive ketones (excluding diaryl/α,β-unsaturated/α-hetero) is 1. The summed E-state index contributed by atoms with van der Waals surface area (Å²) in [4.78, 5) is 34.6. The number of amides is 1. The van der Waals surface area contributed by atoms with E-state index in [1.165, 1.54) is 6.92 Å². The first-order valence-corrected chi connectivity index (χ1v) is 5.58. The molecule has 0 bridgehead atoms. The van der Waals surface area contributed by atoms with Gasteiger partial charge in [0.2, 0.25) is 5.91 Å². The summed E-state index contributed by atoms with van der Waals surface area (Å²) in [5, 5.41) is 2.32. The zero-order chi connectivity index (χ0) is 13.8. The van der Waals surface area contributed by atoms with Crippen LogP contribution in [0, 0.1) is 5.92 Å². The third kappa shape index (κ3) is 6.04. The Balaban J connectivity index is 4.86. The van der Waals surface area contributed by atoms with Crippen LogP contribution in [0.2, 0.25) is 0 Å². The summed E-state index contributed by atoms with van der Waals surface area (Å²) in [6.07, 6.45) is 0. The number of ketones is 1. The molecule has 0 rings (SSSR count). The van der Waals surface area contributed by atoms with E-state index in [9.17, 15) is 14.4 Å². The molecule has 0 saturated heterocycles. The Morgan fingerprint density at radius 2 is 1.59 bits per heavy atom. The molecule has 5 heteroatoms. The van der Waals surface area contributed by atoms with Gasteiger partial charge in [0.25, 0.3) is 0 Å². The van der Waals surface area contributed by atoms with Crippen LogP contribution in [0.25, 0.3) is 0 Å². The van der Waals surface area contributed by atoms with Crippen molar-refractivity contribution in [2.45, 2.75) is 53.2 Å². The summed E-state index contributed by atoms with van der Waals surface area (Å²) in [6.45, 7) is 9.70. The number of carbonyl (C=O) groups excluding carboxylic acids is 3. The highest BCUT2D eigenvalue weighted by molar-refractivity contribution is 6.06. The Morgan fingerprint density at radius 3 is 1.88 bits per heavy atom. The second-order valence-electron chi connectivity index (χ2n) is 5.22. The van der Waals surface area contributed by atoms with Crippen molar-refractivity contribution >= 4 is 17.7 Å². The maximum Gasteiger partial charge on any atom is 0.337 e. The van der Waals surface area contributed by atoms with Gasteiger partial charge < -0.3 is 10.1 Å². The highest BCUT2D eigenvalue weighted by atomic mass is 16.6. The predicted molar refractivity (Wildman–Crippen MR) is 63.3 cm³/mol. The summed E-state index contributed by atoms with van der Waals surface area (Å²) in [7, 11) is 0. The van der Waals surface area contributed by atoms with E-state index in [2.05, 4.69) is 5.32 Å². The molecule has 1 amide bonds. The number of hydrogen-bond donors (Lipinski definition) is 1. The van der Waals surface area contributed by atoms with Gasteiger partial charge >= 0.3 is 5.97 Å². The molecule has 0 fully saturated rings. The topological polar surface area (TPSA) is 72.5 Å². The molecular formula is C12H21NO4. The first-order valence-electron chi connectivity index (χ1n) is 5.58. The molecule has 0 aromatic carbocycles. The molecule has 5 nitrogen and oxygen atoms in total. The maximum atomic E-state index is 11.8. The van der Waals surface area contributed by atoms with Gasteiger partial charge in [-0.1, -0.05) is 13.8 Å². The molecule has 0 aromatic rings. The minimum absolute atomic E-state index is 0.348. The molecular weight excluding hydrogens is 222 g/mol. The average Bonchev–Trinajstić information content (AvgIpc) is 2.09. The van der Waals surface area contributed by atoms with Gasteiger partial charge in [-0.3, -0.25) is 9.59 Å². The van der Waals surface area contributed by atoms with Crippen molar-refractivity contribution in [1.29, 1.82) is 0 Å². The summed E-state index contributed by atoms with van der Waals surface area (Å²) >= 11 is 0. The van der Waals surface area contributed by atoms with Crippen molar-refractivity contribution in [3.05, 3.63) is 0 Å². The Hall–Kier alpha value is -1.39. The van der Waals surface area contributed by atoms with E-state index in [1.807, 2.05) is 0 Å². The van der Waals surface area contributed by atoms with Gasteiger partial charge in [0.1, 0.15) is 5.60 Å². The standard InChI is InChI=1S/C12H21NO4/c1-7(2)10(15)9(13-8(3)14)11(16)17-12(4,5)6/h7,9H,1-6H3,(H,13,14). The van der Waals surface area contributed by atoms with Crippen LogP contribution in [-0.2, 0) is 19.1 Å². The van der Waals surface area contributed by atoms with Crippen molar-refractivity contribution in [1.82, 2.24) is 5.32 Å². The molecule has 1 unspecified atom stereocenters. The summed E-state index contributed by atoms with van der Waals surface area (Å²) in [5.74, 6) is -1.85. The van der Waals surface area contributed by atoms with Crippen LogP contribution in [0.4, 0.5) is 0 Å². The Labute approximate surface area is 102 Å². The molecule has 0 aliphatic heterocycles. The maximum absolute atomic E-state index is 11.8.